The summed E-state index contributed by atoms with van der Waals surface area (Å²) in [5, 5.41) is 11.7. The number of benzene rings is 2. The quantitative estimate of drug-likeness (QED) is 0.574. The minimum absolute atomic E-state index is 0.129. The lowest BCUT2D eigenvalue weighted by molar-refractivity contribution is 0.486. The largest absolute Gasteiger partial charge is 0.340 e. The van der Waals surface area contributed by atoms with Crippen molar-refractivity contribution in [3.63, 3.8) is 0 Å². The van der Waals surface area contributed by atoms with Gasteiger partial charge in [-0.1, -0.05) is 17.7 Å². The van der Waals surface area contributed by atoms with Crippen LogP contribution in [0.5, 0.6) is 0 Å². The molecule has 0 amide bonds. The van der Waals surface area contributed by atoms with Gasteiger partial charge in [-0.3, -0.25) is 0 Å². The van der Waals surface area contributed by atoms with Crippen LogP contribution in [0.2, 0.25) is 5.02 Å². The molecule has 10 heteroatoms. The summed E-state index contributed by atoms with van der Waals surface area (Å²) in [6.07, 6.45) is 1.32. The van der Waals surface area contributed by atoms with Crippen molar-refractivity contribution in [2.24, 2.45) is 5.14 Å². The van der Waals surface area contributed by atoms with Crippen LogP contribution in [0, 0.1) is 0 Å². The second-order valence-electron chi connectivity index (χ2n) is 5.54. The monoisotopic (exact) mass is 407 g/mol. The molecule has 0 unspecified atom stereocenters. The molecule has 0 radical (unpaired) electrons. The Kier molecular flexibility index (Phi) is 5.54. The summed E-state index contributed by atoms with van der Waals surface area (Å²) in [6, 6.07) is 12.5. The third-order valence-corrected chi connectivity index (χ3v) is 4.76. The number of alkyl halides is 1. The third-order valence-electron chi connectivity index (χ3n) is 3.60. The lowest BCUT2D eigenvalue weighted by Crippen LogP contribution is -2.12. The van der Waals surface area contributed by atoms with Crippen molar-refractivity contribution in [3.8, 4) is 0 Å². The van der Waals surface area contributed by atoms with E-state index in [1.54, 1.807) is 30.3 Å². The minimum Gasteiger partial charge on any atom is -0.340 e. The van der Waals surface area contributed by atoms with Crippen LogP contribution < -0.4 is 15.8 Å². The highest BCUT2D eigenvalue weighted by Crippen LogP contribution is 2.25. The minimum atomic E-state index is -3.91. The molecule has 2 aromatic carbocycles. The van der Waals surface area contributed by atoms with Crippen molar-refractivity contribution < 1.29 is 12.8 Å². The molecule has 3 aromatic rings. The first kappa shape index (κ1) is 19.0. The number of hydrogen-bond donors (Lipinski definition) is 3. The summed E-state index contributed by atoms with van der Waals surface area (Å²) in [5.74, 6) is 0.835. The van der Waals surface area contributed by atoms with E-state index < -0.39 is 16.7 Å². The van der Waals surface area contributed by atoms with E-state index in [1.165, 1.54) is 24.5 Å². The van der Waals surface area contributed by atoms with Crippen LogP contribution in [0.25, 0.3) is 0 Å². The molecule has 0 bridgehead atoms. The number of primary sulfonamides is 1. The zero-order valence-electron chi connectivity index (χ0n) is 13.9. The SMILES string of the molecule is NS(=O)(=O)c1ccc(CF)c(Nc2cc(Nc3ccc(Cl)cc3)ncn2)c1. The number of anilines is 4. The molecule has 0 aliphatic heterocycles. The first-order chi connectivity index (χ1) is 12.8. The maximum absolute atomic E-state index is 13.2. The Balaban J connectivity index is 1.86. The fraction of sp³-hybridized carbons (Fsp3) is 0.0588. The molecule has 27 heavy (non-hydrogen) atoms. The summed E-state index contributed by atoms with van der Waals surface area (Å²) >= 11 is 5.86. The van der Waals surface area contributed by atoms with Gasteiger partial charge in [0.15, 0.2) is 0 Å². The lowest BCUT2D eigenvalue weighted by Gasteiger charge is -2.12. The van der Waals surface area contributed by atoms with Crippen LogP contribution >= 0.6 is 11.6 Å². The van der Waals surface area contributed by atoms with Crippen LogP contribution in [0.15, 0.2) is 59.8 Å². The number of nitrogens with zero attached hydrogens (tertiary/aromatic N) is 2. The summed E-state index contributed by atoms with van der Waals surface area (Å²) in [7, 11) is -3.91. The average molecular weight is 408 g/mol. The second kappa shape index (κ2) is 7.87. The predicted molar refractivity (Wildman–Crippen MR) is 103 cm³/mol. The van der Waals surface area contributed by atoms with Gasteiger partial charge in [0.25, 0.3) is 0 Å². The molecule has 0 fully saturated rings. The molecule has 0 saturated carbocycles. The Hall–Kier alpha value is -2.75. The number of rotatable bonds is 6. The molecular weight excluding hydrogens is 393 g/mol. The smallest absolute Gasteiger partial charge is 0.238 e. The van der Waals surface area contributed by atoms with Gasteiger partial charge in [0, 0.05) is 28.0 Å². The average Bonchev–Trinajstić information content (AvgIpc) is 2.63. The molecule has 0 aliphatic rings. The number of sulfonamides is 1. The summed E-state index contributed by atoms with van der Waals surface area (Å²) in [5.41, 5.74) is 1.29. The molecule has 1 aromatic heterocycles. The van der Waals surface area contributed by atoms with E-state index in [-0.39, 0.29) is 16.1 Å². The Morgan fingerprint density at radius 1 is 1.00 bits per heavy atom. The molecule has 1 heterocycles. The topological polar surface area (TPSA) is 110 Å². The molecule has 4 N–H and O–H groups in total. The van der Waals surface area contributed by atoms with Gasteiger partial charge in [-0.25, -0.2) is 27.9 Å². The van der Waals surface area contributed by atoms with Gasteiger partial charge in [0.05, 0.1) is 4.90 Å². The Labute approximate surface area is 160 Å². The Morgan fingerprint density at radius 2 is 1.67 bits per heavy atom. The Morgan fingerprint density at radius 3 is 2.30 bits per heavy atom. The summed E-state index contributed by atoms with van der Waals surface area (Å²) < 4.78 is 36.3. The summed E-state index contributed by atoms with van der Waals surface area (Å²) in [4.78, 5) is 8.06. The standard InChI is InChI=1S/C17H15ClFN5O2S/c18-12-2-4-13(5-3-12)23-16-8-17(22-10-21-16)24-15-7-14(27(20,25)26)6-1-11(15)9-19/h1-8,10H,9H2,(H2,20,25,26)(H2,21,22,23,24). The van der Waals surface area contributed by atoms with E-state index in [2.05, 4.69) is 20.6 Å². The van der Waals surface area contributed by atoms with Crippen LogP contribution in [-0.2, 0) is 16.7 Å². The van der Waals surface area contributed by atoms with Crippen molar-refractivity contribution in [1.82, 2.24) is 9.97 Å². The predicted octanol–water partition coefficient (Wildman–Crippen LogP) is 3.73. The number of aromatic nitrogens is 2. The highest BCUT2D eigenvalue weighted by atomic mass is 35.5. The lowest BCUT2D eigenvalue weighted by atomic mass is 10.2. The van der Waals surface area contributed by atoms with Gasteiger partial charge in [-0.2, -0.15) is 0 Å². The molecule has 0 spiro atoms. The zero-order chi connectivity index (χ0) is 19.4. The fourth-order valence-corrected chi connectivity index (χ4v) is 2.94. The second-order valence-corrected chi connectivity index (χ2v) is 7.54. The molecule has 3 rings (SSSR count). The van der Waals surface area contributed by atoms with E-state index >= 15 is 0 Å². The molecule has 7 nitrogen and oxygen atoms in total. The highest BCUT2D eigenvalue weighted by molar-refractivity contribution is 7.89. The van der Waals surface area contributed by atoms with Crippen molar-refractivity contribution in [1.29, 1.82) is 0 Å². The maximum atomic E-state index is 13.2. The number of hydrogen-bond acceptors (Lipinski definition) is 6. The van der Waals surface area contributed by atoms with E-state index in [4.69, 9.17) is 16.7 Å². The van der Waals surface area contributed by atoms with E-state index in [0.29, 0.717) is 16.7 Å². The van der Waals surface area contributed by atoms with E-state index in [9.17, 15) is 12.8 Å². The van der Waals surface area contributed by atoms with Crippen molar-refractivity contribution >= 4 is 44.6 Å². The first-order valence-corrected chi connectivity index (χ1v) is 9.61. The van der Waals surface area contributed by atoms with Crippen molar-refractivity contribution in [2.45, 2.75) is 11.6 Å². The fourth-order valence-electron chi connectivity index (χ4n) is 2.28. The molecule has 0 saturated heterocycles. The highest BCUT2D eigenvalue weighted by Gasteiger charge is 2.12. The van der Waals surface area contributed by atoms with Gasteiger partial charge < -0.3 is 10.6 Å². The van der Waals surface area contributed by atoms with Gasteiger partial charge in [0.2, 0.25) is 10.0 Å². The number of halogens is 2. The molecule has 0 aliphatic carbocycles. The molecule has 0 atom stereocenters. The van der Waals surface area contributed by atoms with Crippen LogP contribution in [-0.4, -0.2) is 18.4 Å². The first-order valence-electron chi connectivity index (χ1n) is 7.68. The number of nitrogens with two attached hydrogens (primary N) is 1. The maximum Gasteiger partial charge on any atom is 0.238 e. The van der Waals surface area contributed by atoms with Crippen LogP contribution in [0.3, 0.4) is 0 Å². The van der Waals surface area contributed by atoms with Gasteiger partial charge in [-0.15, -0.1) is 0 Å². The third kappa shape index (κ3) is 4.91. The van der Waals surface area contributed by atoms with Gasteiger partial charge in [-0.05, 0) is 36.4 Å². The van der Waals surface area contributed by atoms with Crippen molar-refractivity contribution in [3.05, 3.63) is 65.4 Å². The normalized spacial score (nSPS) is 11.2. The van der Waals surface area contributed by atoms with Gasteiger partial charge >= 0.3 is 0 Å². The van der Waals surface area contributed by atoms with Gasteiger partial charge in [0.1, 0.15) is 24.6 Å². The van der Waals surface area contributed by atoms with Crippen molar-refractivity contribution in [2.75, 3.05) is 10.6 Å². The Bertz CT molecular complexity index is 1060. The molecular formula is C17H15ClFN5O2S. The van der Waals surface area contributed by atoms with Crippen LogP contribution in [0.1, 0.15) is 5.56 Å². The van der Waals surface area contributed by atoms with E-state index in [1.807, 2.05) is 0 Å². The number of nitrogens with one attached hydrogen (secondary N) is 2. The van der Waals surface area contributed by atoms with E-state index in [0.717, 1.165) is 5.69 Å². The van der Waals surface area contributed by atoms with Crippen LogP contribution in [0.4, 0.5) is 27.4 Å². The zero-order valence-corrected chi connectivity index (χ0v) is 15.4. The summed E-state index contributed by atoms with van der Waals surface area (Å²) in [6.45, 7) is -0.784. The molecule has 140 valence electrons.